The van der Waals surface area contributed by atoms with Crippen LogP contribution in [0.2, 0.25) is 0 Å². The van der Waals surface area contributed by atoms with Gasteiger partial charge in [-0.2, -0.15) is 0 Å². The second kappa shape index (κ2) is 9.62. The van der Waals surface area contributed by atoms with E-state index in [9.17, 15) is 9.59 Å². The van der Waals surface area contributed by atoms with Crippen LogP contribution in [0.1, 0.15) is 28.2 Å². The molecule has 0 N–H and O–H groups in total. The van der Waals surface area contributed by atoms with Gasteiger partial charge in [-0.05, 0) is 41.8 Å². The van der Waals surface area contributed by atoms with Crippen molar-refractivity contribution in [1.82, 2.24) is 23.9 Å². The van der Waals surface area contributed by atoms with Crippen molar-refractivity contribution >= 4 is 22.5 Å². The third-order valence-corrected chi connectivity index (χ3v) is 7.46. The fraction of sp³-hybridized carbons (Fsp3) is 0.214. The predicted molar refractivity (Wildman–Crippen MR) is 144 cm³/mol. The van der Waals surface area contributed by atoms with E-state index in [0.717, 1.165) is 21.6 Å². The van der Waals surface area contributed by atoms with Crippen LogP contribution < -0.4 is 11.2 Å². The maximum absolute atomic E-state index is 12.4. The molecule has 0 saturated heterocycles. The molecule has 5 rings (SSSR count). The minimum absolute atomic E-state index is 0.318. The lowest BCUT2D eigenvalue weighted by Crippen LogP contribution is -2.37. The van der Waals surface area contributed by atoms with Crippen molar-refractivity contribution in [3.05, 3.63) is 116 Å². The molecule has 5 aromatic rings. The monoisotopic (exact) mass is 497 g/mol. The van der Waals surface area contributed by atoms with Crippen LogP contribution >= 0.6 is 11.8 Å². The molecule has 3 aromatic carbocycles. The first-order valence-corrected chi connectivity index (χ1v) is 12.7. The molecule has 2 heterocycles. The van der Waals surface area contributed by atoms with E-state index < -0.39 is 0 Å². The van der Waals surface area contributed by atoms with Crippen LogP contribution in [0, 0.1) is 13.8 Å². The fourth-order valence-electron chi connectivity index (χ4n) is 4.48. The Morgan fingerprint density at radius 1 is 0.861 bits per heavy atom. The molecule has 0 bridgehead atoms. The summed E-state index contributed by atoms with van der Waals surface area (Å²) >= 11 is 1.46. The highest BCUT2D eigenvalue weighted by molar-refractivity contribution is 7.98. The Labute approximate surface area is 213 Å². The van der Waals surface area contributed by atoms with Crippen LogP contribution in [0.25, 0.3) is 16.5 Å². The molecule has 0 spiro atoms. The SMILES string of the molecule is Cc1ccc(-n2c(Cc3cccc4ccccc34)nnc2SCc2cc(=O)n(C)c(=O)n2C)c(C)c1. The summed E-state index contributed by atoms with van der Waals surface area (Å²) in [6, 6.07) is 22.5. The highest BCUT2D eigenvalue weighted by Crippen LogP contribution is 2.29. The third kappa shape index (κ3) is 4.40. The average Bonchev–Trinajstić information content (AvgIpc) is 3.26. The molecule has 0 aliphatic heterocycles. The Morgan fingerprint density at radius 3 is 2.44 bits per heavy atom. The molecule has 182 valence electrons. The minimum atomic E-state index is -0.342. The van der Waals surface area contributed by atoms with Gasteiger partial charge in [0.05, 0.1) is 5.69 Å². The summed E-state index contributed by atoms with van der Waals surface area (Å²) in [4.78, 5) is 24.6. The second-order valence-electron chi connectivity index (χ2n) is 9.00. The van der Waals surface area contributed by atoms with E-state index in [1.807, 2.05) is 6.07 Å². The molecule has 2 aromatic heterocycles. The first-order chi connectivity index (χ1) is 17.3. The Morgan fingerprint density at radius 2 is 1.64 bits per heavy atom. The lowest BCUT2D eigenvalue weighted by molar-refractivity contribution is 0.664. The van der Waals surface area contributed by atoms with Gasteiger partial charge in [0.1, 0.15) is 5.82 Å². The molecule has 0 aliphatic rings. The summed E-state index contributed by atoms with van der Waals surface area (Å²) < 4.78 is 4.71. The van der Waals surface area contributed by atoms with Crippen LogP contribution in [0.5, 0.6) is 0 Å². The summed E-state index contributed by atoms with van der Waals surface area (Å²) in [6.07, 6.45) is 0.618. The zero-order chi connectivity index (χ0) is 25.4. The lowest BCUT2D eigenvalue weighted by atomic mass is 10.0. The fourth-order valence-corrected chi connectivity index (χ4v) is 5.46. The molecule has 7 nitrogen and oxygen atoms in total. The lowest BCUT2D eigenvalue weighted by Gasteiger charge is -2.15. The van der Waals surface area contributed by atoms with Gasteiger partial charge < -0.3 is 0 Å². The summed E-state index contributed by atoms with van der Waals surface area (Å²) in [5.41, 5.74) is 4.48. The maximum Gasteiger partial charge on any atom is 0.330 e. The molecule has 0 unspecified atom stereocenters. The van der Waals surface area contributed by atoms with Crippen molar-refractivity contribution < 1.29 is 0 Å². The van der Waals surface area contributed by atoms with E-state index in [-0.39, 0.29) is 11.2 Å². The number of nitrogens with zero attached hydrogens (tertiary/aromatic N) is 5. The Kier molecular flexibility index (Phi) is 6.36. The van der Waals surface area contributed by atoms with Crippen molar-refractivity contribution in [2.24, 2.45) is 14.1 Å². The number of hydrogen-bond acceptors (Lipinski definition) is 5. The molecular weight excluding hydrogens is 470 g/mol. The minimum Gasteiger partial charge on any atom is -0.300 e. The van der Waals surface area contributed by atoms with Crippen LogP contribution in [0.3, 0.4) is 0 Å². The van der Waals surface area contributed by atoms with E-state index in [1.54, 1.807) is 7.05 Å². The zero-order valence-corrected chi connectivity index (χ0v) is 21.5. The van der Waals surface area contributed by atoms with Crippen LogP contribution in [-0.4, -0.2) is 23.9 Å². The van der Waals surface area contributed by atoms with Gasteiger partial charge in [0.2, 0.25) is 0 Å². The van der Waals surface area contributed by atoms with Crippen LogP contribution in [0.15, 0.2) is 81.5 Å². The number of benzene rings is 3. The Balaban J connectivity index is 1.58. The van der Waals surface area contributed by atoms with E-state index >= 15 is 0 Å². The van der Waals surface area contributed by atoms with Crippen molar-refractivity contribution in [3.63, 3.8) is 0 Å². The first-order valence-electron chi connectivity index (χ1n) is 11.7. The van der Waals surface area contributed by atoms with Gasteiger partial charge in [-0.15, -0.1) is 10.2 Å². The number of hydrogen-bond donors (Lipinski definition) is 0. The smallest absolute Gasteiger partial charge is 0.300 e. The Bertz CT molecular complexity index is 1710. The second-order valence-corrected chi connectivity index (χ2v) is 9.94. The van der Waals surface area contributed by atoms with Crippen molar-refractivity contribution in [2.75, 3.05) is 0 Å². The van der Waals surface area contributed by atoms with E-state index in [2.05, 4.69) is 83.2 Å². The Hall–Kier alpha value is -3.91. The number of rotatable bonds is 6. The molecule has 0 saturated carbocycles. The largest absolute Gasteiger partial charge is 0.330 e. The van der Waals surface area contributed by atoms with Gasteiger partial charge in [0.15, 0.2) is 5.16 Å². The van der Waals surface area contributed by atoms with Gasteiger partial charge in [-0.1, -0.05) is 71.9 Å². The summed E-state index contributed by atoms with van der Waals surface area (Å²) in [5.74, 6) is 1.25. The molecule has 0 fully saturated rings. The maximum atomic E-state index is 12.4. The van der Waals surface area contributed by atoms with Crippen molar-refractivity contribution in [1.29, 1.82) is 0 Å². The number of aromatic nitrogens is 5. The van der Waals surface area contributed by atoms with Crippen molar-refractivity contribution in [2.45, 2.75) is 31.2 Å². The highest BCUT2D eigenvalue weighted by atomic mass is 32.2. The van der Waals surface area contributed by atoms with Gasteiger partial charge in [0, 0.05) is 38.0 Å². The quantitative estimate of drug-likeness (QED) is 0.327. The summed E-state index contributed by atoms with van der Waals surface area (Å²) in [6.45, 7) is 4.16. The normalized spacial score (nSPS) is 11.3. The molecule has 0 radical (unpaired) electrons. The van der Waals surface area contributed by atoms with Crippen LogP contribution in [-0.2, 0) is 26.3 Å². The number of thioether (sulfide) groups is 1. The van der Waals surface area contributed by atoms with E-state index in [1.165, 1.54) is 51.3 Å². The van der Waals surface area contributed by atoms with E-state index in [0.29, 0.717) is 23.0 Å². The molecular formula is C28H27N5O2S. The standard InChI is InChI=1S/C28H27N5O2S/c1-18-12-13-24(19(2)14-18)33-25(15-21-10-7-9-20-8-5-6-11-23(20)21)29-30-27(33)36-17-22-16-26(34)32(4)28(35)31(22)3/h5-14,16H,15,17H2,1-4H3. The van der Waals surface area contributed by atoms with Gasteiger partial charge in [0.25, 0.3) is 5.56 Å². The zero-order valence-electron chi connectivity index (χ0n) is 20.7. The first kappa shape index (κ1) is 23.8. The number of aryl methyl sites for hydroxylation is 2. The third-order valence-electron chi connectivity index (χ3n) is 6.50. The molecule has 8 heteroatoms. The van der Waals surface area contributed by atoms with Gasteiger partial charge in [-0.25, -0.2) is 4.79 Å². The molecule has 0 atom stereocenters. The summed E-state index contributed by atoms with van der Waals surface area (Å²) in [7, 11) is 3.16. The van der Waals surface area contributed by atoms with Gasteiger partial charge in [-0.3, -0.25) is 18.5 Å². The number of fused-ring (bicyclic) bond motifs is 1. The molecule has 0 amide bonds. The van der Waals surface area contributed by atoms with Crippen LogP contribution in [0.4, 0.5) is 0 Å². The van der Waals surface area contributed by atoms with E-state index in [4.69, 9.17) is 0 Å². The molecule has 36 heavy (non-hydrogen) atoms. The van der Waals surface area contributed by atoms with Gasteiger partial charge >= 0.3 is 5.69 Å². The molecule has 0 aliphatic carbocycles. The predicted octanol–water partition coefficient (Wildman–Crippen LogP) is 4.32. The topological polar surface area (TPSA) is 74.7 Å². The average molecular weight is 498 g/mol. The summed E-state index contributed by atoms with van der Waals surface area (Å²) in [5, 5.41) is 12.2. The highest BCUT2D eigenvalue weighted by Gasteiger charge is 2.18. The van der Waals surface area contributed by atoms with Crippen molar-refractivity contribution in [3.8, 4) is 5.69 Å².